The molecule has 2 saturated heterocycles. The van der Waals surface area contributed by atoms with Crippen molar-refractivity contribution >= 4 is 95.6 Å². The first kappa shape index (κ1) is 58.8. The van der Waals surface area contributed by atoms with Gasteiger partial charge in [-0.1, -0.05) is 0 Å². The first-order valence-corrected chi connectivity index (χ1v) is 22.5. The van der Waals surface area contributed by atoms with Gasteiger partial charge >= 0.3 is 23.9 Å². The lowest BCUT2D eigenvalue weighted by atomic mass is 10.1. The third-order valence-electron chi connectivity index (χ3n) is 10.8. The normalized spacial score (nSPS) is 17.7. The number of nitrogens with zero attached hydrogens (tertiary/aromatic N) is 3. The third kappa shape index (κ3) is 19.7. The van der Waals surface area contributed by atoms with E-state index in [1.165, 1.54) is 9.80 Å². The van der Waals surface area contributed by atoms with Crippen LogP contribution in [-0.4, -0.2) is 193 Å². The van der Waals surface area contributed by atoms with Crippen LogP contribution in [0.25, 0.3) is 0 Å². The monoisotopic (exact) mass is 1020 g/mol. The molecule has 0 aliphatic carbocycles. The van der Waals surface area contributed by atoms with E-state index < -0.39 is 176 Å². The summed E-state index contributed by atoms with van der Waals surface area (Å²) in [6.07, 6.45) is -2.89. The van der Waals surface area contributed by atoms with Crippen LogP contribution in [-0.2, 0) is 62.3 Å². The highest BCUT2D eigenvalue weighted by Gasteiger charge is 2.44. The van der Waals surface area contributed by atoms with E-state index in [0.29, 0.717) is 19.3 Å². The number of primary amides is 1. The van der Waals surface area contributed by atoms with Crippen molar-refractivity contribution in [3.05, 3.63) is 0 Å². The fourth-order valence-corrected chi connectivity index (χ4v) is 7.56. The van der Waals surface area contributed by atoms with Crippen LogP contribution < -0.4 is 54.8 Å². The number of aliphatic carboxylic acids is 4. The van der Waals surface area contributed by atoms with Crippen molar-refractivity contribution < 1.29 is 82.8 Å². The molecule has 9 amide bonds. The highest BCUT2D eigenvalue weighted by Crippen LogP contribution is 2.26. The van der Waals surface area contributed by atoms with Crippen LogP contribution in [0.4, 0.5) is 0 Å². The lowest BCUT2D eigenvalue weighted by Gasteiger charge is -2.33. The molecule has 0 spiro atoms. The molecule has 2 fully saturated rings. The largest absolute Gasteiger partial charge is 0.481 e. The Balaban J connectivity index is 2.14. The minimum Gasteiger partial charge on any atom is -0.481 e. The van der Waals surface area contributed by atoms with Gasteiger partial charge in [-0.3, -0.25) is 62.5 Å². The smallest absolute Gasteiger partial charge is 0.326 e. The number of hydrogen-bond donors (Lipinski definition) is 15. The van der Waals surface area contributed by atoms with E-state index in [0.717, 1.165) is 0 Å². The van der Waals surface area contributed by atoms with Crippen molar-refractivity contribution in [1.82, 2.24) is 41.7 Å². The lowest BCUT2D eigenvalue weighted by molar-refractivity contribution is -0.148. The summed E-state index contributed by atoms with van der Waals surface area (Å²) >= 11 is 3.94. The van der Waals surface area contributed by atoms with Gasteiger partial charge in [-0.25, -0.2) is 4.79 Å². The minimum absolute atomic E-state index is 0.0497. The van der Waals surface area contributed by atoms with Crippen LogP contribution in [0.15, 0.2) is 4.99 Å². The number of rotatable bonds is 30. The SMILES string of the molecule is NC(=O)C[C@H](NC(=O)[C@@H](N)CCCN=C(N)N)C(=O)N1CCC[C@H]1C(=O)N1CCC[C@H]1C(=O)NCC(=O)N[C@@H](CCC(=O)O)C(=O)N[C@@H](CC(=O)O)C(=O)N[C@@H](CS)C(=O)N[C@@H](CCC(=O)O)C(=O)O. The summed E-state index contributed by atoms with van der Waals surface area (Å²) < 4.78 is 0. The van der Waals surface area contributed by atoms with Gasteiger partial charge in [0.1, 0.15) is 42.3 Å². The molecular formula is C39H61N13O17S. The molecule has 0 aromatic carbocycles. The van der Waals surface area contributed by atoms with E-state index in [9.17, 15) is 77.6 Å². The Kier molecular flexibility index (Phi) is 24.3. The zero-order valence-corrected chi connectivity index (χ0v) is 38.7. The van der Waals surface area contributed by atoms with Gasteiger partial charge in [0.25, 0.3) is 0 Å². The molecule has 2 heterocycles. The number of guanidine groups is 1. The molecule has 18 N–H and O–H groups in total. The van der Waals surface area contributed by atoms with Crippen molar-refractivity contribution in [3.8, 4) is 0 Å². The van der Waals surface area contributed by atoms with E-state index >= 15 is 0 Å². The van der Waals surface area contributed by atoms with Gasteiger partial charge in [-0.15, -0.1) is 0 Å². The number of aliphatic imine (C=N–C) groups is 1. The number of carbonyl (C=O) groups excluding carboxylic acids is 9. The van der Waals surface area contributed by atoms with Crippen molar-refractivity contribution in [3.63, 3.8) is 0 Å². The summed E-state index contributed by atoms with van der Waals surface area (Å²) in [5, 5.41) is 50.2. The average Bonchev–Trinajstić information content (AvgIpc) is 3.98. The van der Waals surface area contributed by atoms with Crippen molar-refractivity contribution in [2.45, 2.75) is 125 Å². The second-order valence-electron chi connectivity index (χ2n) is 16.2. The van der Waals surface area contributed by atoms with Crippen LogP contribution in [0.2, 0.25) is 0 Å². The fourth-order valence-electron chi connectivity index (χ4n) is 7.30. The van der Waals surface area contributed by atoms with Gasteiger partial charge in [0, 0.05) is 38.2 Å². The number of nitrogens with two attached hydrogens (primary N) is 4. The molecule has 0 aromatic rings. The van der Waals surface area contributed by atoms with Crippen molar-refractivity contribution in [2.24, 2.45) is 27.9 Å². The maximum atomic E-state index is 14.0. The predicted octanol–water partition coefficient (Wildman–Crippen LogP) is -7.02. The number of hydrogen-bond acceptors (Lipinski definition) is 16. The number of thiol groups is 1. The Bertz CT molecular complexity index is 2020. The zero-order valence-electron chi connectivity index (χ0n) is 37.8. The lowest BCUT2D eigenvalue weighted by Crippen LogP contribution is -2.59. The molecule has 390 valence electrons. The summed E-state index contributed by atoms with van der Waals surface area (Å²) in [6, 6.07) is -12.0. The van der Waals surface area contributed by atoms with Crippen LogP contribution in [0.1, 0.15) is 77.0 Å². The second-order valence-corrected chi connectivity index (χ2v) is 16.5. The molecule has 31 heteroatoms. The standard InChI is InChI=1S/C39H61N13O17S/c40-18(4-1-11-44-39(42)43)31(61)49-22(14-26(41)53)36(66)52-13-3-6-25(52)37(67)51-12-2-5-24(51)35(65)45-16-27(54)46-19(7-9-28(55)56)32(62)48-21(15-30(59)60)33(63)50-23(17-70)34(64)47-20(38(68)69)8-10-29(57)58/h18-25,70H,1-17,40H2,(H2,41,53)(H,45,65)(H,46,54)(H,47,64)(H,48,62)(H,49,61)(H,50,63)(H,55,56)(H,57,58)(H,59,60)(H,68,69)(H4,42,43,44)/t18-,19-,20-,21-,22-,23-,24-,25-/m0/s1. The number of likely N-dealkylation sites (tertiary alicyclic amines) is 2. The van der Waals surface area contributed by atoms with Crippen LogP contribution in [0, 0.1) is 0 Å². The van der Waals surface area contributed by atoms with Gasteiger partial charge in [0.2, 0.25) is 53.2 Å². The highest BCUT2D eigenvalue weighted by atomic mass is 32.1. The molecule has 70 heavy (non-hydrogen) atoms. The Labute approximate surface area is 404 Å². The van der Waals surface area contributed by atoms with Gasteiger partial charge in [-0.2, -0.15) is 12.6 Å². The van der Waals surface area contributed by atoms with Gasteiger partial charge in [0.15, 0.2) is 5.96 Å². The molecule has 8 atom stereocenters. The molecule has 0 aromatic heterocycles. The molecule has 0 bridgehead atoms. The van der Waals surface area contributed by atoms with Crippen LogP contribution in [0.5, 0.6) is 0 Å². The fraction of sp³-hybridized carbons (Fsp3) is 0.641. The van der Waals surface area contributed by atoms with Gasteiger partial charge in [0.05, 0.1) is 25.4 Å². The average molecular weight is 1020 g/mol. The van der Waals surface area contributed by atoms with Gasteiger partial charge < -0.3 is 85.1 Å². The molecule has 30 nitrogen and oxygen atoms in total. The first-order valence-electron chi connectivity index (χ1n) is 21.8. The molecule has 2 rings (SSSR count). The molecule has 0 unspecified atom stereocenters. The number of amides is 9. The summed E-state index contributed by atoms with van der Waals surface area (Å²) in [6.45, 7) is -0.547. The van der Waals surface area contributed by atoms with Crippen molar-refractivity contribution in [1.29, 1.82) is 0 Å². The Hall–Kier alpha value is -7.31. The Morgan fingerprint density at radius 3 is 1.70 bits per heavy atom. The maximum Gasteiger partial charge on any atom is 0.326 e. The predicted molar refractivity (Wildman–Crippen MR) is 241 cm³/mol. The van der Waals surface area contributed by atoms with Crippen molar-refractivity contribution in [2.75, 3.05) is 31.9 Å². The van der Waals surface area contributed by atoms with E-state index in [4.69, 9.17) is 28.0 Å². The summed E-state index contributed by atoms with van der Waals surface area (Å²) in [5.74, 6) is -15.4. The van der Waals surface area contributed by atoms with E-state index in [1.807, 2.05) is 5.32 Å². The van der Waals surface area contributed by atoms with Crippen LogP contribution in [0.3, 0.4) is 0 Å². The second kappa shape index (κ2) is 28.9. The number of carbonyl (C=O) groups is 13. The maximum absolute atomic E-state index is 14.0. The van der Waals surface area contributed by atoms with E-state index in [1.54, 1.807) is 0 Å². The molecule has 2 aliphatic rings. The molecule has 0 saturated carbocycles. The minimum atomic E-state index is -1.98. The molecular weight excluding hydrogens is 955 g/mol. The zero-order chi connectivity index (χ0) is 52.8. The van der Waals surface area contributed by atoms with E-state index in [2.05, 4.69) is 44.2 Å². The van der Waals surface area contributed by atoms with E-state index in [-0.39, 0.29) is 44.9 Å². The highest BCUT2D eigenvalue weighted by molar-refractivity contribution is 7.80. The molecule has 2 aliphatic heterocycles. The first-order chi connectivity index (χ1) is 32.9. The summed E-state index contributed by atoms with van der Waals surface area (Å²) in [4.78, 5) is 170. The number of carboxylic acids is 4. The quantitative estimate of drug-likeness (QED) is 0.0138. The number of carboxylic acid groups (broad SMARTS) is 4. The van der Waals surface area contributed by atoms with Crippen LogP contribution >= 0.6 is 12.6 Å². The summed E-state index contributed by atoms with van der Waals surface area (Å²) in [5.41, 5.74) is 21.9. The topological polar surface area (TPSA) is 498 Å². The Morgan fingerprint density at radius 2 is 1.14 bits per heavy atom. The molecule has 0 radical (unpaired) electrons. The Morgan fingerprint density at radius 1 is 0.614 bits per heavy atom. The summed E-state index contributed by atoms with van der Waals surface area (Å²) in [7, 11) is 0. The third-order valence-corrected chi connectivity index (χ3v) is 11.2. The number of nitrogens with one attached hydrogen (secondary N) is 6. The van der Waals surface area contributed by atoms with Gasteiger partial charge in [-0.05, 0) is 51.4 Å².